The van der Waals surface area contributed by atoms with Gasteiger partial charge in [0.05, 0.1) is 10.1 Å². The van der Waals surface area contributed by atoms with Crippen LogP contribution in [0.2, 0.25) is 0 Å². The highest BCUT2D eigenvalue weighted by molar-refractivity contribution is 14.1. The number of benzene rings is 1. The van der Waals surface area contributed by atoms with Gasteiger partial charge in [-0.1, -0.05) is 12.1 Å². The van der Waals surface area contributed by atoms with Crippen molar-refractivity contribution < 1.29 is 9.53 Å². The zero-order chi connectivity index (χ0) is 13.0. The van der Waals surface area contributed by atoms with Crippen molar-refractivity contribution in [3.05, 3.63) is 27.8 Å². The molecule has 0 radical (unpaired) electrons. The standard InChI is InChI=1S/C13H17IN2O2/c14-11-3-1-2-4-12(11)18-10-5-7-16(8-6-10)13(17)9-15/h1-4,10H,5-9,15H2. The summed E-state index contributed by atoms with van der Waals surface area (Å²) in [6.07, 6.45) is 1.94. The summed E-state index contributed by atoms with van der Waals surface area (Å²) >= 11 is 2.27. The maximum atomic E-state index is 11.4. The maximum absolute atomic E-state index is 11.4. The first-order valence-corrected chi connectivity index (χ1v) is 7.17. The smallest absolute Gasteiger partial charge is 0.236 e. The molecule has 1 aliphatic rings. The lowest BCUT2D eigenvalue weighted by Crippen LogP contribution is -2.44. The summed E-state index contributed by atoms with van der Waals surface area (Å²) in [7, 11) is 0. The third-order valence-corrected chi connectivity index (χ3v) is 3.99. The van der Waals surface area contributed by atoms with Crippen molar-refractivity contribution in [2.75, 3.05) is 19.6 Å². The lowest BCUT2D eigenvalue weighted by Gasteiger charge is -2.32. The molecule has 1 amide bonds. The molecule has 4 nitrogen and oxygen atoms in total. The monoisotopic (exact) mass is 360 g/mol. The fourth-order valence-corrected chi connectivity index (χ4v) is 2.59. The lowest BCUT2D eigenvalue weighted by molar-refractivity contribution is -0.131. The molecule has 0 saturated carbocycles. The minimum Gasteiger partial charge on any atom is -0.489 e. The predicted octanol–water partition coefficient (Wildman–Crippen LogP) is 1.62. The SMILES string of the molecule is NCC(=O)N1CCC(Oc2ccccc2I)CC1. The fraction of sp³-hybridized carbons (Fsp3) is 0.462. The molecule has 1 fully saturated rings. The number of nitrogens with zero attached hydrogens (tertiary/aromatic N) is 1. The largest absolute Gasteiger partial charge is 0.489 e. The van der Waals surface area contributed by atoms with Gasteiger partial charge in [0.15, 0.2) is 0 Å². The van der Waals surface area contributed by atoms with E-state index in [2.05, 4.69) is 22.6 Å². The Bertz CT molecular complexity index is 417. The molecule has 2 rings (SSSR count). The quantitative estimate of drug-likeness (QED) is 0.834. The summed E-state index contributed by atoms with van der Waals surface area (Å²) in [5.41, 5.74) is 5.36. The highest BCUT2D eigenvalue weighted by atomic mass is 127. The molecule has 98 valence electrons. The minimum absolute atomic E-state index is 0.0303. The van der Waals surface area contributed by atoms with Crippen LogP contribution in [-0.2, 0) is 4.79 Å². The van der Waals surface area contributed by atoms with Gasteiger partial charge in [-0.25, -0.2) is 0 Å². The van der Waals surface area contributed by atoms with Crippen LogP contribution in [0.4, 0.5) is 0 Å². The molecule has 0 spiro atoms. The number of carbonyl (C=O) groups excluding carboxylic acids is 1. The molecule has 0 unspecified atom stereocenters. The molecule has 0 bridgehead atoms. The Morgan fingerprint density at radius 1 is 1.39 bits per heavy atom. The molecule has 1 saturated heterocycles. The molecule has 18 heavy (non-hydrogen) atoms. The van der Waals surface area contributed by atoms with Crippen molar-refractivity contribution >= 4 is 28.5 Å². The van der Waals surface area contributed by atoms with Gasteiger partial charge in [-0.3, -0.25) is 4.79 Å². The number of nitrogens with two attached hydrogens (primary N) is 1. The molecular weight excluding hydrogens is 343 g/mol. The predicted molar refractivity (Wildman–Crippen MR) is 78.4 cm³/mol. The average Bonchev–Trinajstić information content (AvgIpc) is 2.41. The van der Waals surface area contributed by atoms with Crippen LogP contribution in [0.3, 0.4) is 0 Å². The first-order chi connectivity index (χ1) is 8.70. The van der Waals surface area contributed by atoms with Crippen LogP contribution in [0.25, 0.3) is 0 Å². The molecule has 5 heteroatoms. The van der Waals surface area contributed by atoms with E-state index in [1.54, 1.807) is 0 Å². The Morgan fingerprint density at radius 3 is 2.67 bits per heavy atom. The minimum atomic E-state index is 0.0303. The number of ether oxygens (including phenoxy) is 1. The van der Waals surface area contributed by atoms with E-state index in [-0.39, 0.29) is 18.6 Å². The highest BCUT2D eigenvalue weighted by Gasteiger charge is 2.23. The number of amides is 1. The highest BCUT2D eigenvalue weighted by Crippen LogP contribution is 2.24. The summed E-state index contributed by atoms with van der Waals surface area (Å²) < 4.78 is 7.09. The lowest BCUT2D eigenvalue weighted by atomic mass is 10.1. The second kappa shape index (κ2) is 6.38. The third kappa shape index (κ3) is 3.35. The van der Waals surface area contributed by atoms with E-state index in [1.807, 2.05) is 29.2 Å². The van der Waals surface area contributed by atoms with Crippen LogP contribution in [-0.4, -0.2) is 36.5 Å². The number of likely N-dealkylation sites (tertiary alicyclic amines) is 1. The number of hydrogen-bond acceptors (Lipinski definition) is 3. The maximum Gasteiger partial charge on any atom is 0.236 e. The topological polar surface area (TPSA) is 55.6 Å². The molecule has 2 N–H and O–H groups in total. The van der Waals surface area contributed by atoms with Crippen molar-refractivity contribution in [2.24, 2.45) is 5.73 Å². The molecule has 1 aromatic rings. The summed E-state index contributed by atoms with van der Waals surface area (Å²) in [6, 6.07) is 7.99. The zero-order valence-corrected chi connectivity index (χ0v) is 12.3. The van der Waals surface area contributed by atoms with Crippen molar-refractivity contribution in [1.29, 1.82) is 0 Å². The number of halogens is 1. The molecule has 0 aliphatic carbocycles. The van der Waals surface area contributed by atoms with Gasteiger partial charge in [-0.05, 0) is 34.7 Å². The summed E-state index contributed by atoms with van der Waals surface area (Å²) in [6.45, 7) is 1.58. The first kappa shape index (κ1) is 13.6. The third-order valence-electron chi connectivity index (χ3n) is 3.10. The van der Waals surface area contributed by atoms with E-state index in [0.717, 1.165) is 35.3 Å². The van der Waals surface area contributed by atoms with Crippen molar-refractivity contribution in [2.45, 2.75) is 18.9 Å². The van der Waals surface area contributed by atoms with Crippen molar-refractivity contribution in [1.82, 2.24) is 4.90 Å². The average molecular weight is 360 g/mol. The number of piperidine rings is 1. The Hall–Kier alpha value is -0.820. The first-order valence-electron chi connectivity index (χ1n) is 6.09. The summed E-state index contributed by atoms with van der Waals surface area (Å²) in [5, 5.41) is 0. The van der Waals surface area contributed by atoms with Gasteiger partial charge in [0.2, 0.25) is 5.91 Å². The van der Waals surface area contributed by atoms with E-state index in [9.17, 15) is 4.79 Å². The van der Waals surface area contributed by atoms with Crippen LogP contribution >= 0.6 is 22.6 Å². The zero-order valence-electron chi connectivity index (χ0n) is 10.1. The van der Waals surface area contributed by atoms with Crippen LogP contribution < -0.4 is 10.5 Å². The number of hydrogen-bond donors (Lipinski definition) is 1. The molecule has 1 aliphatic heterocycles. The van der Waals surface area contributed by atoms with Gasteiger partial charge in [0, 0.05) is 25.9 Å². The second-order valence-electron chi connectivity index (χ2n) is 4.33. The number of rotatable bonds is 3. The normalized spacial score (nSPS) is 16.7. The molecule has 0 aromatic heterocycles. The van der Waals surface area contributed by atoms with E-state index in [1.165, 1.54) is 0 Å². The van der Waals surface area contributed by atoms with Crippen LogP contribution in [0.1, 0.15) is 12.8 Å². The Kier molecular flexibility index (Phi) is 4.82. The van der Waals surface area contributed by atoms with Gasteiger partial charge in [0.1, 0.15) is 11.9 Å². The fourth-order valence-electron chi connectivity index (χ4n) is 2.07. The molecule has 0 atom stereocenters. The number of para-hydroxylation sites is 1. The molecule has 1 heterocycles. The van der Waals surface area contributed by atoms with E-state index >= 15 is 0 Å². The van der Waals surface area contributed by atoms with Crippen molar-refractivity contribution in [3.63, 3.8) is 0 Å². The molecule has 1 aromatic carbocycles. The van der Waals surface area contributed by atoms with Gasteiger partial charge >= 0.3 is 0 Å². The Labute approximate surface area is 121 Å². The van der Waals surface area contributed by atoms with Crippen molar-refractivity contribution in [3.8, 4) is 5.75 Å². The second-order valence-corrected chi connectivity index (χ2v) is 5.49. The van der Waals surface area contributed by atoms with Gasteiger partial charge in [-0.2, -0.15) is 0 Å². The van der Waals surface area contributed by atoms with Crippen LogP contribution in [0.15, 0.2) is 24.3 Å². The van der Waals surface area contributed by atoms with E-state index in [0.29, 0.717) is 0 Å². The van der Waals surface area contributed by atoms with Gasteiger partial charge in [0.25, 0.3) is 0 Å². The Morgan fingerprint density at radius 2 is 2.06 bits per heavy atom. The van der Waals surface area contributed by atoms with Gasteiger partial charge in [-0.15, -0.1) is 0 Å². The summed E-state index contributed by atoms with van der Waals surface area (Å²) in [5.74, 6) is 0.962. The molecular formula is C13H17IN2O2. The number of carbonyl (C=O) groups is 1. The van der Waals surface area contributed by atoms with Crippen LogP contribution in [0.5, 0.6) is 5.75 Å². The van der Waals surface area contributed by atoms with E-state index in [4.69, 9.17) is 10.5 Å². The van der Waals surface area contributed by atoms with Crippen LogP contribution in [0, 0.1) is 3.57 Å². The summed E-state index contributed by atoms with van der Waals surface area (Å²) in [4.78, 5) is 13.3. The van der Waals surface area contributed by atoms with E-state index < -0.39 is 0 Å². The van der Waals surface area contributed by atoms with Gasteiger partial charge < -0.3 is 15.4 Å². The Balaban J connectivity index is 1.87.